The van der Waals surface area contributed by atoms with Crippen molar-refractivity contribution in [1.29, 1.82) is 0 Å². The summed E-state index contributed by atoms with van der Waals surface area (Å²) in [6.07, 6.45) is 17.8. The van der Waals surface area contributed by atoms with Crippen molar-refractivity contribution in [3.8, 4) is 242 Å². The summed E-state index contributed by atoms with van der Waals surface area (Å²) >= 11 is 5.62. The molecule has 24 aromatic rings. The topological polar surface area (TPSA) is 129 Å². The van der Waals surface area contributed by atoms with Gasteiger partial charge in [0.1, 0.15) is 0 Å². The quantitative estimate of drug-likeness (QED) is 0.0647. The molecule has 0 radical (unpaired) electrons. The van der Waals surface area contributed by atoms with Crippen LogP contribution in [0, 0.1) is 0 Å². The van der Waals surface area contributed by atoms with E-state index in [1.54, 1.807) is 49.6 Å². The van der Waals surface area contributed by atoms with Gasteiger partial charge < -0.3 is 0 Å². The summed E-state index contributed by atoms with van der Waals surface area (Å²) in [5.41, 5.74) is 36.5. The molecular weight excluding hydrogens is 1770 g/mol. The summed E-state index contributed by atoms with van der Waals surface area (Å²) in [5.74, 6) is 2.56. The third-order valence-corrected chi connectivity index (χ3v) is 29.1. The van der Waals surface area contributed by atoms with Crippen LogP contribution in [-0.2, 0) is 0 Å². The summed E-state index contributed by atoms with van der Waals surface area (Å²) in [6, 6.07) is 160. The fourth-order valence-corrected chi connectivity index (χ4v) is 21.9. The lowest BCUT2D eigenvalue weighted by Crippen LogP contribution is -1.96. The van der Waals surface area contributed by atoms with Gasteiger partial charge in [0.2, 0.25) is 0 Å². The Morgan fingerprint density at radius 3 is 0.475 bits per heavy atom. The molecule has 141 heavy (non-hydrogen) atoms. The number of hydrogen-bond donors (Lipinski definition) is 0. The smallest absolute Gasteiger partial charge is 0.159 e. The van der Waals surface area contributed by atoms with Gasteiger partial charge in [-0.3, -0.25) is 9.97 Å². The molecule has 664 valence electrons. The van der Waals surface area contributed by atoms with Crippen molar-refractivity contribution >= 4 is 34.0 Å². The van der Waals surface area contributed by atoms with Crippen LogP contribution in [0.3, 0.4) is 0 Å². The third kappa shape index (κ3) is 18.6. The Labute approximate surface area is 830 Å². The zero-order valence-electron chi connectivity index (χ0n) is 76.2. The minimum Gasteiger partial charge on any atom is -0.252 e. The highest BCUT2D eigenvalue weighted by molar-refractivity contribution is 7.28. The summed E-state index contributed by atoms with van der Waals surface area (Å²) in [6.45, 7) is 0. The van der Waals surface area contributed by atoms with Gasteiger partial charge in [0.25, 0.3) is 0 Å². The van der Waals surface area contributed by atoms with E-state index in [2.05, 4.69) is 416 Å². The van der Waals surface area contributed by atoms with E-state index in [0.717, 1.165) is 77.9 Å². The molecular formula is C128H84N10S3. The van der Waals surface area contributed by atoms with Crippen LogP contribution in [0.15, 0.2) is 511 Å². The second-order valence-electron chi connectivity index (χ2n) is 34.1. The molecule has 24 rings (SSSR count). The zero-order valence-corrected chi connectivity index (χ0v) is 78.6. The largest absolute Gasteiger partial charge is 0.252 e. The first-order valence-electron chi connectivity index (χ1n) is 46.7. The molecule has 10 nitrogen and oxygen atoms in total. The van der Waals surface area contributed by atoms with E-state index in [1.807, 2.05) is 119 Å². The second kappa shape index (κ2) is 40.1. The molecule has 0 bridgehead atoms. The van der Waals surface area contributed by atoms with Crippen LogP contribution >= 0.6 is 34.0 Å². The number of nitrogens with zero attached hydrogens (tertiary/aromatic N) is 10. The number of rotatable bonds is 22. The first-order valence-corrected chi connectivity index (χ1v) is 49.2. The molecule has 8 heterocycles. The number of aromatic nitrogens is 10. The monoisotopic (exact) mass is 1860 g/mol. The van der Waals surface area contributed by atoms with Crippen LogP contribution < -0.4 is 0 Å². The maximum absolute atomic E-state index is 5.14. The maximum atomic E-state index is 5.14. The SMILES string of the molecule is c1ccc(-c2ccccc2-c2cc(-c3ccc(-c4ccc(-c5ccc(-c6cc(-c7ccccc7-c7ccccc7)cc(-c7ccccc7-c7ccccc7)c6)s5)s4)s3)cc(-c3ccccc3-c3ccccc3)c2)cc1.c1cnc(-c2ccccc2-c2cc(-c3cnc(-c4cc(-c5ccccc5-c5ncccn5)cc(-c5ccccc5-c5ncccn5)c4)cn3)cc(-c3ccccc3-c3ncccn3)c2)nc1. The van der Waals surface area contributed by atoms with Crippen molar-refractivity contribution in [2.24, 2.45) is 0 Å². The number of thiophene rings is 3. The Morgan fingerprint density at radius 1 is 0.113 bits per heavy atom. The van der Waals surface area contributed by atoms with Crippen LogP contribution in [0.25, 0.3) is 242 Å². The van der Waals surface area contributed by atoms with Crippen molar-refractivity contribution < 1.29 is 0 Å². The van der Waals surface area contributed by atoms with E-state index >= 15 is 0 Å². The standard InChI is InChI=1S/C72H48S3.C56H36N10/c1-5-21-49(22-6-1)59-29-13-17-33-63(59)53-43-54(64-34-18-14-30-60(64)50-23-7-2-8-24-50)46-57(45-53)67-37-39-69(73-67)71-41-42-72(75-71)70-40-38-68(74-70)58-47-55(65-35-19-15-31-61(65)51-25-9-3-10-26-51)44-56(48-58)66-36-20-16-32-62(66)52-27-11-4-12-28-52;1-5-17-47(53-57-21-9-22-58-53)43(13-1)37-29-38(44-14-2-6-18-48(44)54-59-23-10-24-60-54)32-41(31-37)51-35-66-52(36-65-51)42-33-39(45-15-3-7-19-49(45)55-61-25-11-26-62-55)30-40(34-42)46-16-4-8-20-50(46)56-63-27-12-28-64-56/h1-48H;1-36H. The Morgan fingerprint density at radius 2 is 0.270 bits per heavy atom. The normalized spacial score (nSPS) is 11.1. The van der Waals surface area contributed by atoms with Gasteiger partial charge in [0.15, 0.2) is 23.3 Å². The Balaban J connectivity index is 0.000000158. The minimum atomic E-state index is 0.640. The molecule has 0 amide bonds. The van der Waals surface area contributed by atoms with E-state index in [-0.39, 0.29) is 0 Å². The van der Waals surface area contributed by atoms with Gasteiger partial charge in [0.05, 0.1) is 23.8 Å². The fraction of sp³-hybridized carbons (Fsp3) is 0. The van der Waals surface area contributed by atoms with Crippen LogP contribution in [-0.4, -0.2) is 49.8 Å². The van der Waals surface area contributed by atoms with E-state index < -0.39 is 0 Å². The molecule has 0 aliphatic rings. The molecule has 13 heteroatoms. The second-order valence-corrected chi connectivity index (χ2v) is 37.3. The average molecular weight is 1860 g/mol. The Hall–Kier alpha value is -18.0. The summed E-state index contributed by atoms with van der Waals surface area (Å²) in [5, 5.41) is 0. The summed E-state index contributed by atoms with van der Waals surface area (Å²) < 4.78 is 0. The van der Waals surface area contributed by atoms with Crippen LogP contribution in [0.4, 0.5) is 0 Å². The molecule has 0 aliphatic heterocycles. The fourth-order valence-electron chi connectivity index (χ4n) is 18.7. The lowest BCUT2D eigenvalue weighted by Gasteiger charge is -2.16. The molecule has 0 spiro atoms. The van der Waals surface area contributed by atoms with Gasteiger partial charge in [-0.05, 0) is 278 Å². The molecule has 8 aromatic heterocycles. The first kappa shape index (κ1) is 87.1. The van der Waals surface area contributed by atoms with E-state index in [4.69, 9.17) is 9.97 Å². The minimum absolute atomic E-state index is 0.640. The van der Waals surface area contributed by atoms with E-state index in [0.29, 0.717) is 34.7 Å². The van der Waals surface area contributed by atoms with Gasteiger partial charge in [0, 0.05) is 112 Å². The highest BCUT2D eigenvalue weighted by atomic mass is 32.1. The molecule has 0 aliphatic carbocycles. The van der Waals surface area contributed by atoms with Crippen molar-refractivity contribution in [1.82, 2.24) is 49.8 Å². The molecule has 0 fully saturated rings. The molecule has 0 saturated carbocycles. The molecule has 0 saturated heterocycles. The maximum Gasteiger partial charge on any atom is 0.159 e. The first-order chi connectivity index (χ1) is 69.9. The highest BCUT2D eigenvalue weighted by Gasteiger charge is 2.24. The van der Waals surface area contributed by atoms with Crippen molar-refractivity contribution in [2.75, 3.05) is 0 Å². The predicted molar refractivity (Wildman–Crippen MR) is 584 cm³/mol. The third-order valence-electron chi connectivity index (χ3n) is 25.3. The summed E-state index contributed by atoms with van der Waals surface area (Å²) in [4.78, 5) is 54.8. The van der Waals surface area contributed by atoms with Crippen LogP contribution in [0.2, 0.25) is 0 Å². The highest BCUT2D eigenvalue weighted by Crippen LogP contribution is 2.50. The lowest BCUT2D eigenvalue weighted by atomic mass is 9.88. The zero-order chi connectivity index (χ0) is 94.0. The summed E-state index contributed by atoms with van der Waals surface area (Å²) in [7, 11) is 0. The van der Waals surface area contributed by atoms with Gasteiger partial charge in [-0.25, -0.2) is 39.9 Å². The van der Waals surface area contributed by atoms with E-state index in [9.17, 15) is 0 Å². The van der Waals surface area contributed by atoms with E-state index in [1.165, 1.54) is 129 Å². The predicted octanol–water partition coefficient (Wildman–Crippen LogP) is 34.2. The molecule has 0 atom stereocenters. The molecule has 16 aromatic carbocycles. The van der Waals surface area contributed by atoms with Crippen LogP contribution in [0.1, 0.15) is 0 Å². The van der Waals surface area contributed by atoms with Gasteiger partial charge in [-0.2, -0.15) is 0 Å². The van der Waals surface area contributed by atoms with Crippen LogP contribution in [0.5, 0.6) is 0 Å². The number of hydrogen-bond acceptors (Lipinski definition) is 13. The van der Waals surface area contributed by atoms with Crippen molar-refractivity contribution in [3.63, 3.8) is 0 Å². The van der Waals surface area contributed by atoms with Gasteiger partial charge in [-0.15, -0.1) is 34.0 Å². The van der Waals surface area contributed by atoms with Gasteiger partial charge in [-0.1, -0.05) is 315 Å². The molecule has 0 unspecified atom stereocenters. The Bertz CT molecular complexity index is 7670. The average Bonchev–Trinajstić information content (AvgIpc) is 1.10. The molecule has 0 N–H and O–H groups in total. The van der Waals surface area contributed by atoms with Gasteiger partial charge >= 0.3 is 0 Å². The number of benzene rings is 16. The van der Waals surface area contributed by atoms with Crippen molar-refractivity contribution in [2.45, 2.75) is 0 Å². The van der Waals surface area contributed by atoms with Crippen molar-refractivity contribution in [3.05, 3.63) is 511 Å². The lowest BCUT2D eigenvalue weighted by molar-refractivity contribution is 1.17. The Kier molecular flexibility index (Phi) is 24.8.